The molecule has 0 unspecified atom stereocenters. The van der Waals surface area contributed by atoms with Crippen LogP contribution in [0.2, 0.25) is 0 Å². The normalized spacial score (nSPS) is 27.0. The average molecular weight is 322 g/mol. The van der Waals surface area contributed by atoms with Crippen LogP contribution >= 0.6 is 0 Å². The number of nitrogens with zero attached hydrogens (tertiary/aromatic N) is 1. The zero-order valence-electron chi connectivity index (χ0n) is 13.9. The Labute approximate surface area is 141 Å². The molecule has 1 aliphatic carbocycles. The number of imide groups is 1. The highest BCUT2D eigenvalue weighted by molar-refractivity contribution is 6.07. The van der Waals surface area contributed by atoms with Crippen LogP contribution in [0.15, 0.2) is 42.5 Å². The Morgan fingerprint density at radius 1 is 1.08 bits per heavy atom. The number of hydrogen-bond acceptors (Lipinski definition) is 2. The summed E-state index contributed by atoms with van der Waals surface area (Å²) in [5, 5.41) is 5.22. The molecule has 2 aromatic carbocycles. The third kappa shape index (κ3) is 2.37. The van der Waals surface area contributed by atoms with E-state index >= 15 is 0 Å². The van der Waals surface area contributed by atoms with Crippen LogP contribution in [0.25, 0.3) is 10.8 Å². The van der Waals surface area contributed by atoms with E-state index in [9.17, 15) is 9.59 Å². The molecule has 0 radical (unpaired) electrons. The molecule has 24 heavy (non-hydrogen) atoms. The molecule has 2 fully saturated rings. The molecule has 3 amide bonds. The van der Waals surface area contributed by atoms with Crippen LogP contribution in [-0.4, -0.2) is 22.4 Å². The summed E-state index contributed by atoms with van der Waals surface area (Å²) < 4.78 is 0. The standard InChI is InChI=1S/C20H22N2O2/c1-14-9-11-20(12-10-14)18(23)22(19(24)21-20)13-16-7-4-6-15-5-2-3-8-17(15)16/h2-8,14H,9-13H2,1H3,(H,21,24). The maximum atomic E-state index is 13.0. The van der Waals surface area contributed by atoms with Gasteiger partial charge in [-0.05, 0) is 47.9 Å². The van der Waals surface area contributed by atoms with Gasteiger partial charge in [0.2, 0.25) is 0 Å². The summed E-state index contributed by atoms with van der Waals surface area (Å²) in [6, 6.07) is 13.9. The number of benzene rings is 2. The zero-order chi connectivity index (χ0) is 16.7. The Morgan fingerprint density at radius 3 is 2.58 bits per heavy atom. The summed E-state index contributed by atoms with van der Waals surface area (Å²) in [5.41, 5.74) is 0.353. The van der Waals surface area contributed by atoms with Crippen molar-refractivity contribution < 1.29 is 9.59 Å². The molecule has 1 saturated heterocycles. The van der Waals surface area contributed by atoms with Crippen LogP contribution in [0.3, 0.4) is 0 Å². The first-order valence-corrected chi connectivity index (χ1v) is 8.70. The summed E-state index contributed by atoms with van der Waals surface area (Å²) in [7, 11) is 0. The van der Waals surface area contributed by atoms with Gasteiger partial charge in [-0.3, -0.25) is 9.69 Å². The lowest BCUT2D eigenvalue weighted by Gasteiger charge is -2.33. The molecule has 4 rings (SSSR count). The van der Waals surface area contributed by atoms with Crippen molar-refractivity contribution in [3.63, 3.8) is 0 Å². The minimum absolute atomic E-state index is 0.0488. The SMILES string of the molecule is CC1CCC2(CC1)NC(=O)N(Cc1cccc3ccccc13)C2=O. The summed E-state index contributed by atoms with van der Waals surface area (Å²) >= 11 is 0. The van der Waals surface area contributed by atoms with Crippen LogP contribution in [0.1, 0.15) is 38.2 Å². The second-order valence-corrected chi connectivity index (χ2v) is 7.22. The van der Waals surface area contributed by atoms with E-state index in [1.54, 1.807) is 0 Å². The second-order valence-electron chi connectivity index (χ2n) is 7.22. The van der Waals surface area contributed by atoms with Crippen LogP contribution < -0.4 is 5.32 Å². The average Bonchev–Trinajstić information content (AvgIpc) is 2.82. The topological polar surface area (TPSA) is 49.4 Å². The number of carbonyl (C=O) groups excluding carboxylic acids is 2. The molecule has 4 heteroatoms. The number of carbonyl (C=O) groups is 2. The molecule has 0 bridgehead atoms. The predicted molar refractivity (Wildman–Crippen MR) is 93.4 cm³/mol. The molecular formula is C20H22N2O2. The fraction of sp³-hybridized carbons (Fsp3) is 0.400. The molecule has 4 nitrogen and oxygen atoms in total. The molecule has 1 heterocycles. The molecule has 0 atom stereocenters. The van der Waals surface area contributed by atoms with E-state index in [1.807, 2.05) is 30.3 Å². The van der Waals surface area contributed by atoms with E-state index in [0.717, 1.165) is 42.0 Å². The molecule has 1 aliphatic heterocycles. The monoisotopic (exact) mass is 322 g/mol. The largest absolute Gasteiger partial charge is 0.325 e. The molecule has 2 aliphatic rings. The Hall–Kier alpha value is -2.36. The minimum Gasteiger partial charge on any atom is -0.323 e. The van der Waals surface area contributed by atoms with Crippen LogP contribution in [-0.2, 0) is 11.3 Å². The number of nitrogens with one attached hydrogen (secondary N) is 1. The number of rotatable bonds is 2. The Balaban J connectivity index is 1.63. The predicted octanol–water partition coefficient (Wildman–Crippen LogP) is 3.84. The summed E-state index contributed by atoms with van der Waals surface area (Å²) in [5.74, 6) is 0.583. The van der Waals surface area contributed by atoms with Crippen molar-refractivity contribution in [2.75, 3.05) is 0 Å². The van der Waals surface area contributed by atoms with Gasteiger partial charge in [-0.25, -0.2) is 4.79 Å². The smallest absolute Gasteiger partial charge is 0.323 e. The minimum atomic E-state index is -0.659. The number of hydrogen-bond donors (Lipinski definition) is 1. The lowest BCUT2D eigenvalue weighted by Crippen LogP contribution is -2.49. The molecular weight excluding hydrogens is 300 g/mol. The van der Waals surface area contributed by atoms with Gasteiger partial charge in [0, 0.05) is 0 Å². The molecule has 1 spiro atoms. The highest BCUT2D eigenvalue weighted by Gasteiger charge is 2.51. The summed E-state index contributed by atoms with van der Waals surface area (Å²) in [6.07, 6.45) is 3.50. The lowest BCUT2D eigenvalue weighted by atomic mass is 9.77. The third-order valence-corrected chi connectivity index (χ3v) is 5.58. The number of urea groups is 1. The first-order valence-electron chi connectivity index (χ1n) is 8.70. The van der Waals surface area contributed by atoms with Crippen molar-refractivity contribution in [1.29, 1.82) is 0 Å². The molecule has 0 aromatic heterocycles. The second kappa shape index (κ2) is 5.62. The highest BCUT2D eigenvalue weighted by Crippen LogP contribution is 2.37. The van der Waals surface area contributed by atoms with Crippen molar-refractivity contribution in [3.8, 4) is 0 Å². The third-order valence-electron chi connectivity index (χ3n) is 5.58. The van der Waals surface area contributed by atoms with Crippen molar-refractivity contribution in [2.24, 2.45) is 5.92 Å². The van der Waals surface area contributed by atoms with E-state index in [0.29, 0.717) is 12.5 Å². The van der Waals surface area contributed by atoms with E-state index in [-0.39, 0.29) is 11.9 Å². The van der Waals surface area contributed by atoms with Gasteiger partial charge in [-0.15, -0.1) is 0 Å². The molecule has 2 aromatic rings. The Morgan fingerprint density at radius 2 is 1.79 bits per heavy atom. The van der Waals surface area contributed by atoms with Crippen molar-refractivity contribution in [2.45, 2.75) is 44.7 Å². The van der Waals surface area contributed by atoms with Crippen molar-refractivity contribution in [1.82, 2.24) is 10.2 Å². The van der Waals surface area contributed by atoms with E-state index in [2.05, 4.69) is 24.4 Å². The van der Waals surface area contributed by atoms with E-state index in [4.69, 9.17) is 0 Å². The van der Waals surface area contributed by atoms with Gasteiger partial charge < -0.3 is 5.32 Å². The van der Waals surface area contributed by atoms with Crippen molar-refractivity contribution >= 4 is 22.7 Å². The molecule has 1 saturated carbocycles. The summed E-state index contributed by atoms with van der Waals surface area (Å²) in [4.78, 5) is 26.9. The van der Waals surface area contributed by atoms with Gasteiger partial charge in [0.15, 0.2) is 0 Å². The van der Waals surface area contributed by atoms with Gasteiger partial charge in [0.1, 0.15) is 5.54 Å². The van der Waals surface area contributed by atoms with Gasteiger partial charge in [-0.1, -0.05) is 49.4 Å². The maximum Gasteiger partial charge on any atom is 0.325 e. The van der Waals surface area contributed by atoms with Gasteiger partial charge in [-0.2, -0.15) is 0 Å². The lowest BCUT2D eigenvalue weighted by molar-refractivity contribution is -0.133. The molecule has 124 valence electrons. The Kier molecular flexibility index (Phi) is 3.56. The number of amides is 3. The van der Waals surface area contributed by atoms with Gasteiger partial charge >= 0.3 is 6.03 Å². The van der Waals surface area contributed by atoms with Crippen LogP contribution in [0, 0.1) is 5.92 Å². The fourth-order valence-corrected chi connectivity index (χ4v) is 4.01. The Bertz CT molecular complexity index is 801. The fourth-order valence-electron chi connectivity index (χ4n) is 4.01. The first-order chi connectivity index (χ1) is 11.6. The van der Waals surface area contributed by atoms with Crippen LogP contribution in [0.4, 0.5) is 4.79 Å². The maximum absolute atomic E-state index is 13.0. The van der Waals surface area contributed by atoms with E-state index < -0.39 is 5.54 Å². The quantitative estimate of drug-likeness (QED) is 0.854. The van der Waals surface area contributed by atoms with Crippen molar-refractivity contribution in [3.05, 3.63) is 48.0 Å². The molecule has 1 N–H and O–H groups in total. The van der Waals surface area contributed by atoms with E-state index in [1.165, 1.54) is 4.90 Å². The van der Waals surface area contributed by atoms with Gasteiger partial charge in [0.05, 0.1) is 6.54 Å². The first kappa shape index (κ1) is 15.2. The van der Waals surface area contributed by atoms with Crippen LogP contribution in [0.5, 0.6) is 0 Å². The summed E-state index contributed by atoms with van der Waals surface area (Å²) in [6.45, 7) is 2.55. The highest BCUT2D eigenvalue weighted by atomic mass is 16.2. The van der Waals surface area contributed by atoms with Gasteiger partial charge in [0.25, 0.3) is 5.91 Å². The zero-order valence-corrected chi connectivity index (χ0v) is 13.9. The number of fused-ring (bicyclic) bond motifs is 1.